The van der Waals surface area contributed by atoms with Gasteiger partial charge in [0, 0.05) is 38.3 Å². The fraction of sp³-hybridized carbons (Fsp3) is 0.857. The maximum absolute atomic E-state index is 12.6. The van der Waals surface area contributed by atoms with Crippen LogP contribution < -0.4 is 0 Å². The van der Waals surface area contributed by atoms with Gasteiger partial charge in [0.25, 0.3) is 0 Å². The molecular weight excluding hydrogens is 258 g/mol. The van der Waals surface area contributed by atoms with E-state index in [9.17, 15) is 9.59 Å². The number of piperazine rings is 1. The van der Waals surface area contributed by atoms with Crippen molar-refractivity contribution in [2.45, 2.75) is 45.7 Å². The van der Waals surface area contributed by atoms with E-state index in [2.05, 4.69) is 18.9 Å². The van der Waals surface area contributed by atoms with E-state index < -0.39 is 5.97 Å². The van der Waals surface area contributed by atoms with Crippen LogP contribution in [0, 0.1) is 0 Å². The first kappa shape index (κ1) is 16.8. The zero-order chi connectivity index (χ0) is 15.3. The summed E-state index contributed by atoms with van der Waals surface area (Å²) >= 11 is 0. The summed E-state index contributed by atoms with van der Waals surface area (Å²) < 4.78 is 0. The summed E-state index contributed by atoms with van der Waals surface area (Å²) in [6, 6.07) is 0.0821. The van der Waals surface area contributed by atoms with Crippen molar-refractivity contribution in [1.29, 1.82) is 0 Å². The molecule has 2 atom stereocenters. The van der Waals surface area contributed by atoms with Gasteiger partial charge in [-0.05, 0) is 27.3 Å². The Balaban J connectivity index is 2.68. The highest BCUT2D eigenvalue weighted by Crippen LogP contribution is 2.15. The third-order valence-corrected chi connectivity index (χ3v) is 4.11. The van der Waals surface area contributed by atoms with Gasteiger partial charge in [-0.1, -0.05) is 6.92 Å². The fourth-order valence-corrected chi connectivity index (χ4v) is 2.74. The van der Waals surface area contributed by atoms with Gasteiger partial charge in [-0.3, -0.25) is 9.69 Å². The van der Waals surface area contributed by atoms with Crippen molar-refractivity contribution in [2.75, 3.05) is 33.2 Å². The number of rotatable bonds is 5. The molecule has 1 aliphatic rings. The number of likely N-dealkylation sites (N-methyl/N-ethyl adjacent to an activating group) is 1. The van der Waals surface area contributed by atoms with Crippen LogP contribution in [0.5, 0.6) is 0 Å². The topological polar surface area (TPSA) is 64.1 Å². The SMILES string of the molecule is CCC1CN(C(=O)N(CC)C(C)CC(=O)O)CCN1C. The summed E-state index contributed by atoms with van der Waals surface area (Å²) in [6.07, 6.45) is 1.00. The first-order valence-corrected chi connectivity index (χ1v) is 7.38. The number of carbonyl (C=O) groups excluding carboxylic acids is 1. The normalized spacial score (nSPS) is 21.6. The highest BCUT2D eigenvalue weighted by Gasteiger charge is 2.30. The van der Waals surface area contributed by atoms with Crippen LogP contribution in [0.15, 0.2) is 0 Å². The van der Waals surface area contributed by atoms with E-state index >= 15 is 0 Å². The molecule has 0 spiro atoms. The van der Waals surface area contributed by atoms with Gasteiger partial charge in [0.15, 0.2) is 0 Å². The molecule has 1 N–H and O–H groups in total. The number of carbonyl (C=O) groups is 2. The summed E-state index contributed by atoms with van der Waals surface area (Å²) in [5, 5.41) is 8.88. The second-order valence-corrected chi connectivity index (χ2v) is 5.50. The van der Waals surface area contributed by atoms with E-state index in [4.69, 9.17) is 5.11 Å². The molecule has 0 radical (unpaired) electrons. The third-order valence-electron chi connectivity index (χ3n) is 4.11. The van der Waals surface area contributed by atoms with Gasteiger partial charge in [0.2, 0.25) is 0 Å². The van der Waals surface area contributed by atoms with E-state index in [0.29, 0.717) is 19.1 Å². The average molecular weight is 285 g/mol. The van der Waals surface area contributed by atoms with Gasteiger partial charge in [0.05, 0.1) is 6.42 Å². The molecule has 20 heavy (non-hydrogen) atoms. The minimum absolute atomic E-state index is 0.00940. The van der Waals surface area contributed by atoms with Crippen LogP contribution in [-0.2, 0) is 4.79 Å². The number of amides is 2. The number of hydrogen-bond acceptors (Lipinski definition) is 3. The smallest absolute Gasteiger partial charge is 0.320 e. The summed E-state index contributed by atoms with van der Waals surface area (Å²) in [6.45, 7) is 8.65. The Labute approximate surface area is 121 Å². The molecule has 0 bridgehead atoms. The molecular formula is C14H27N3O3. The molecule has 0 saturated carbocycles. The Morgan fingerprint density at radius 3 is 2.50 bits per heavy atom. The Kier molecular flexibility index (Phi) is 6.26. The molecule has 116 valence electrons. The molecule has 6 heteroatoms. The highest BCUT2D eigenvalue weighted by molar-refractivity contribution is 5.76. The molecule has 0 aromatic heterocycles. The van der Waals surface area contributed by atoms with Crippen LogP contribution >= 0.6 is 0 Å². The monoisotopic (exact) mass is 285 g/mol. The van der Waals surface area contributed by atoms with Crippen LogP contribution in [0.2, 0.25) is 0 Å². The molecule has 6 nitrogen and oxygen atoms in total. The number of aliphatic carboxylic acids is 1. The van der Waals surface area contributed by atoms with Gasteiger partial charge in [-0.25, -0.2) is 4.79 Å². The first-order valence-electron chi connectivity index (χ1n) is 7.38. The predicted octanol–water partition coefficient (Wildman–Crippen LogP) is 1.32. The van der Waals surface area contributed by atoms with Crippen molar-refractivity contribution in [3.8, 4) is 0 Å². The number of carboxylic acid groups (broad SMARTS) is 1. The molecule has 0 aromatic rings. The van der Waals surface area contributed by atoms with Crippen molar-refractivity contribution in [1.82, 2.24) is 14.7 Å². The van der Waals surface area contributed by atoms with Gasteiger partial charge in [0.1, 0.15) is 0 Å². The van der Waals surface area contributed by atoms with Crippen LogP contribution in [0.3, 0.4) is 0 Å². The second kappa shape index (κ2) is 7.47. The van der Waals surface area contributed by atoms with Crippen molar-refractivity contribution in [3.63, 3.8) is 0 Å². The highest BCUT2D eigenvalue weighted by atomic mass is 16.4. The number of urea groups is 1. The van der Waals surface area contributed by atoms with Crippen molar-refractivity contribution < 1.29 is 14.7 Å². The van der Waals surface area contributed by atoms with Crippen molar-refractivity contribution >= 4 is 12.0 Å². The summed E-state index contributed by atoms with van der Waals surface area (Å²) in [5.41, 5.74) is 0. The van der Waals surface area contributed by atoms with Crippen LogP contribution in [0.4, 0.5) is 4.79 Å². The lowest BCUT2D eigenvalue weighted by molar-refractivity contribution is -0.138. The summed E-state index contributed by atoms with van der Waals surface area (Å²) in [7, 11) is 2.08. The zero-order valence-corrected chi connectivity index (χ0v) is 13.0. The second-order valence-electron chi connectivity index (χ2n) is 5.50. The Morgan fingerprint density at radius 2 is 2.00 bits per heavy atom. The number of carboxylic acids is 1. The Bertz CT molecular complexity index is 349. The standard InChI is InChI=1S/C14H27N3O3/c1-5-12-10-16(8-7-15(12)4)14(20)17(6-2)11(3)9-13(18)19/h11-12H,5-10H2,1-4H3,(H,18,19). The van der Waals surface area contributed by atoms with Gasteiger partial charge < -0.3 is 14.9 Å². The molecule has 1 heterocycles. The summed E-state index contributed by atoms with van der Waals surface area (Å²) in [4.78, 5) is 29.2. The lowest BCUT2D eigenvalue weighted by atomic mass is 10.1. The van der Waals surface area contributed by atoms with Crippen LogP contribution in [-0.4, -0.2) is 77.1 Å². The maximum atomic E-state index is 12.6. The Morgan fingerprint density at radius 1 is 1.35 bits per heavy atom. The molecule has 1 aliphatic heterocycles. The lowest BCUT2D eigenvalue weighted by Crippen LogP contribution is -2.57. The van der Waals surface area contributed by atoms with Crippen molar-refractivity contribution in [2.24, 2.45) is 0 Å². The minimum Gasteiger partial charge on any atom is -0.481 e. The molecule has 1 rings (SSSR count). The fourth-order valence-electron chi connectivity index (χ4n) is 2.74. The number of nitrogens with zero attached hydrogens (tertiary/aromatic N) is 3. The van der Waals surface area contributed by atoms with E-state index in [0.717, 1.165) is 19.5 Å². The molecule has 1 fully saturated rings. The van der Waals surface area contributed by atoms with E-state index in [1.165, 1.54) is 0 Å². The predicted molar refractivity (Wildman–Crippen MR) is 77.8 cm³/mol. The summed E-state index contributed by atoms with van der Waals surface area (Å²) in [5.74, 6) is -0.867. The molecule has 2 unspecified atom stereocenters. The largest absolute Gasteiger partial charge is 0.481 e. The zero-order valence-electron chi connectivity index (χ0n) is 13.0. The molecule has 1 saturated heterocycles. The van der Waals surface area contributed by atoms with Gasteiger partial charge in [-0.2, -0.15) is 0 Å². The van der Waals surface area contributed by atoms with Gasteiger partial charge in [-0.15, -0.1) is 0 Å². The maximum Gasteiger partial charge on any atom is 0.320 e. The third kappa shape index (κ3) is 4.10. The van der Waals surface area contributed by atoms with E-state index in [1.807, 2.05) is 11.8 Å². The van der Waals surface area contributed by atoms with Crippen LogP contribution in [0.1, 0.15) is 33.6 Å². The molecule has 0 aromatic carbocycles. The van der Waals surface area contributed by atoms with E-state index in [1.54, 1.807) is 11.8 Å². The lowest BCUT2D eigenvalue weighted by Gasteiger charge is -2.42. The molecule has 0 aliphatic carbocycles. The first-order chi connectivity index (χ1) is 9.40. The quantitative estimate of drug-likeness (QED) is 0.827. The van der Waals surface area contributed by atoms with Crippen LogP contribution in [0.25, 0.3) is 0 Å². The molecule has 2 amide bonds. The van der Waals surface area contributed by atoms with E-state index in [-0.39, 0.29) is 18.5 Å². The minimum atomic E-state index is -0.867. The van der Waals surface area contributed by atoms with Gasteiger partial charge >= 0.3 is 12.0 Å². The number of hydrogen-bond donors (Lipinski definition) is 1. The Hall–Kier alpha value is -1.30. The van der Waals surface area contributed by atoms with Crippen molar-refractivity contribution in [3.05, 3.63) is 0 Å². The average Bonchev–Trinajstić information content (AvgIpc) is 2.39.